The van der Waals surface area contributed by atoms with E-state index < -0.39 is 0 Å². The van der Waals surface area contributed by atoms with Crippen molar-refractivity contribution in [2.45, 2.75) is 32.2 Å². The molecular formula is C16H19Cl2NO. The van der Waals surface area contributed by atoms with Gasteiger partial charge in [-0.25, -0.2) is 0 Å². The Morgan fingerprint density at radius 3 is 2.75 bits per heavy atom. The number of aryl methyl sites for hydroxylation is 1. The van der Waals surface area contributed by atoms with Crippen molar-refractivity contribution in [3.63, 3.8) is 0 Å². The Labute approximate surface area is 130 Å². The molecule has 0 aliphatic heterocycles. The van der Waals surface area contributed by atoms with Crippen molar-refractivity contribution < 1.29 is 4.42 Å². The molecule has 1 N–H and O–H groups in total. The van der Waals surface area contributed by atoms with Gasteiger partial charge >= 0.3 is 0 Å². The van der Waals surface area contributed by atoms with E-state index in [0.717, 1.165) is 42.2 Å². The van der Waals surface area contributed by atoms with Gasteiger partial charge in [-0.05, 0) is 49.2 Å². The van der Waals surface area contributed by atoms with Crippen molar-refractivity contribution in [3.8, 4) is 0 Å². The van der Waals surface area contributed by atoms with Crippen molar-refractivity contribution >= 4 is 23.2 Å². The summed E-state index contributed by atoms with van der Waals surface area (Å²) < 4.78 is 5.38. The van der Waals surface area contributed by atoms with Crippen LogP contribution in [0.4, 0.5) is 0 Å². The number of benzene rings is 1. The molecule has 0 aliphatic rings. The molecule has 0 amide bonds. The molecule has 2 aromatic rings. The Kier molecular flexibility index (Phi) is 5.96. The van der Waals surface area contributed by atoms with Gasteiger partial charge in [-0.3, -0.25) is 0 Å². The van der Waals surface area contributed by atoms with Gasteiger partial charge in [0.2, 0.25) is 0 Å². The number of halogens is 2. The van der Waals surface area contributed by atoms with E-state index in [1.165, 1.54) is 0 Å². The number of nitrogens with one attached hydrogen (secondary N) is 1. The third kappa shape index (κ3) is 4.55. The highest BCUT2D eigenvalue weighted by Gasteiger charge is 2.12. The molecule has 2 nitrogen and oxygen atoms in total. The van der Waals surface area contributed by atoms with E-state index in [0.29, 0.717) is 11.1 Å². The first kappa shape index (κ1) is 15.4. The zero-order valence-corrected chi connectivity index (χ0v) is 13.0. The lowest BCUT2D eigenvalue weighted by atomic mass is 10.0. The molecule has 0 fully saturated rings. The number of hydrogen-bond donors (Lipinski definition) is 1. The first-order valence-corrected chi connectivity index (χ1v) is 7.64. The van der Waals surface area contributed by atoms with Crippen LogP contribution in [-0.4, -0.2) is 12.6 Å². The number of furan rings is 1. The second-order valence-corrected chi connectivity index (χ2v) is 5.66. The maximum Gasteiger partial charge on any atom is 0.103 e. The lowest BCUT2D eigenvalue weighted by molar-refractivity contribution is 0.448. The minimum absolute atomic E-state index is 0.378. The van der Waals surface area contributed by atoms with E-state index >= 15 is 0 Å². The standard InChI is InChI=1S/C16H19Cl2NO/c1-2-19-14(7-8-15-4-3-9-20-15)10-12-5-6-13(17)11-16(12)18/h3-6,9,11,14,19H,2,7-8,10H2,1H3. The molecule has 0 bridgehead atoms. The number of hydrogen-bond acceptors (Lipinski definition) is 2. The van der Waals surface area contributed by atoms with Crippen LogP contribution in [0.5, 0.6) is 0 Å². The van der Waals surface area contributed by atoms with Crippen LogP contribution in [0.1, 0.15) is 24.7 Å². The molecule has 0 spiro atoms. The van der Waals surface area contributed by atoms with Gasteiger partial charge in [0.15, 0.2) is 0 Å². The summed E-state index contributed by atoms with van der Waals surface area (Å²) in [7, 11) is 0. The van der Waals surface area contributed by atoms with Crippen LogP contribution in [0, 0.1) is 0 Å². The topological polar surface area (TPSA) is 25.2 Å². The maximum atomic E-state index is 6.24. The molecular weight excluding hydrogens is 293 g/mol. The van der Waals surface area contributed by atoms with Crippen LogP contribution >= 0.6 is 23.2 Å². The van der Waals surface area contributed by atoms with Crippen molar-refractivity contribution in [1.82, 2.24) is 5.32 Å². The normalized spacial score (nSPS) is 12.6. The summed E-state index contributed by atoms with van der Waals surface area (Å²) in [5, 5.41) is 4.91. The molecule has 108 valence electrons. The van der Waals surface area contributed by atoms with E-state index in [1.54, 1.807) is 12.3 Å². The smallest absolute Gasteiger partial charge is 0.103 e. The van der Waals surface area contributed by atoms with Crippen molar-refractivity contribution in [1.29, 1.82) is 0 Å². The predicted octanol–water partition coefficient (Wildman–Crippen LogP) is 4.74. The van der Waals surface area contributed by atoms with E-state index in [-0.39, 0.29) is 0 Å². The molecule has 0 radical (unpaired) electrons. The predicted molar refractivity (Wildman–Crippen MR) is 84.7 cm³/mol. The summed E-state index contributed by atoms with van der Waals surface area (Å²) in [4.78, 5) is 0. The van der Waals surface area contributed by atoms with Crippen LogP contribution in [0.3, 0.4) is 0 Å². The third-order valence-corrected chi connectivity index (χ3v) is 3.88. The molecule has 1 aromatic carbocycles. The van der Waals surface area contributed by atoms with E-state index in [4.69, 9.17) is 27.6 Å². The maximum absolute atomic E-state index is 6.24. The molecule has 2 rings (SSSR count). The first-order chi connectivity index (χ1) is 9.69. The number of likely N-dealkylation sites (N-methyl/N-ethyl adjacent to an activating group) is 1. The molecule has 1 atom stereocenters. The second-order valence-electron chi connectivity index (χ2n) is 4.81. The van der Waals surface area contributed by atoms with Gasteiger partial charge in [0.05, 0.1) is 6.26 Å². The van der Waals surface area contributed by atoms with E-state index in [9.17, 15) is 0 Å². The number of rotatable bonds is 7. The highest BCUT2D eigenvalue weighted by molar-refractivity contribution is 6.35. The van der Waals surface area contributed by atoms with Crippen molar-refractivity contribution in [3.05, 3.63) is 58.0 Å². The minimum atomic E-state index is 0.378. The van der Waals surface area contributed by atoms with Crippen LogP contribution in [0.2, 0.25) is 10.0 Å². The minimum Gasteiger partial charge on any atom is -0.469 e. The molecule has 0 saturated carbocycles. The van der Waals surface area contributed by atoms with Gasteiger partial charge in [-0.15, -0.1) is 0 Å². The molecule has 1 unspecified atom stereocenters. The van der Waals surface area contributed by atoms with E-state index in [1.807, 2.05) is 24.3 Å². The quantitative estimate of drug-likeness (QED) is 0.799. The van der Waals surface area contributed by atoms with Crippen LogP contribution in [0.15, 0.2) is 41.0 Å². The lowest BCUT2D eigenvalue weighted by Crippen LogP contribution is -2.31. The highest BCUT2D eigenvalue weighted by atomic mass is 35.5. The van der Waals surface area contributed by atoms with Crippen LogP contribution in [0.25, 0.3) is 0 Å². The summed E-state index contributed by atoms with van der Waals surface area (Å²) in [6, 6.07) is 10.0. The summed E-state index contributed by atoms with van der Waals surface area (Å²) in [5.41, 5.74) is 1.13. The fourth-order valence-electron chi connectivity index (χ4n) is 2.29. The summed E-state index contributed by atoms with van der Waals surface area (Å²) in [5.74, 6) is 1.02. The SMILES string of the molecule is CCNC(CCc1ccco1)Cc1ccc(Cl)cc1Cl. The zero-order valence-electron chi connectivity index (χ0n) is 11.5. The Hall–Kier alpha value is -0.960. The zero-order chi connectivity index (χ0) is 14.4. The monoisotopic (exact) mass is 311 g/mol. The Balaban J connectivity index is 1.97. The average molecular weight is 312 g/mol. The van der Waals surface area contributed by atoms with Crippen LogP contribution < -0.4 is 5.32 Å². The van der Waals surface area contributed by atoms with Crippen LogP contribution in [-0.2, 0) is 12.8 Å². The summed E-state index contributed by atoms with van der Waals surface area (Å²) >= 11 is 12.2. The molecule has 1 heterocycles. The largest absolute Gasteiger partial charge is 0.469 e. The third-order valence-electron chi connectivity index (χ3n) is 3.29. The fraction of sp³-hybridized carbons (Fsp3) is 0.375. The molecule has 4 heteroatoms. The van der Waals surface area contributed by atoms with Crippen molar-refractivity contribution in [2.24, 2.45) is 0 Å². The Bertz CT molecular complexity index is 525. The van der Waals surface area contributed by atoms with Crippen molar-refractivity contribution in [2.75, 3.05) is 6.54 Å². The molecule has 0 saturated heterocycles. The molecule has 20 heavy (non-hydrogen) atoms. The van der Waals surface area contributed by atoms with Gasteiger partial charge < -0.3 is 9.73 Å². The highest BCUT2D eigenvalue weighted by Crippen LogP contribution is 2.23. The first-order valence-electron chi connectivity index (χ1n) is 6.88. The second kappa shape index (κ2) is 7.72. The van der Waals surface area contributed by atoms with Gasteiger partial charge in [0.1, 0.15) is 5.76 Å². The average Bonchev–Trinajstić information content (AvgIpc) is 2.92. The molecule has 0 aliphatic carbocycles. The van der Waals surface area contributed by atoms with Gasteiger partial charge in [0, 0.05) is 22.5 Å². The summed E-state index contributed by atoms with van der Waals surface area (Å²) in [6.45, 7) is 3.05. The lowest BCUT2D eigenvalue weighted by Gasteiger charge is -2.18. The van der Waals surface area contributed by atoms with E-state index in [2.05, 4.69) is 12.2 Å². The molecule has 1 aromatic heterocycles. The van der Waals surface area contributed by atoms with Gasteiger partial charge in [0.25, 0.3) is 0 Å². The Morgan fingerprint density at radius 1 is 1.25 bits per heavy atom. The fourth-order valence-corrected chi connectivity index (χ4v) is 2.77. The van der Waals surface area contributed by atoms with Gasteiger partial charge in [-0.2, -0.15) is 0 Å². The Morgan fingerprint density at radius 2 is 2.10 bits per heavy atom. The van der Waals surface area contributed by atoms with Gasteiger partial charge in [-0.1, -0.05) is 36.2 Å². The summed E-state index contributed by atoms with van der Waals surface area (Å²) in [6.07, 6.45) is 4.55.